The molecule has 3 aromatic heterocycles. The smallest absolute Gasteiger partial charge is 0.138 e. The average Bonchev–Trinajstić information content (AvgIpc) is 3.36. The van der Waals surface area contributed by atoms with E-state index >= 15 is 0 Å². The number of anilines is 5. The first kappa shape index (κ1) is 23.0. The number of H-pyrrole nitrogens is 1. The van der Waals surface area contributed by atoms with Crippen molar-refractivity contribution in [2.75, 3.05) is 41.8 Å². The summed E-state index contributed by atoms with van der Waals surface area (Å²) in [6.07, 6.45) is 5.40. The molecule has 8 nitrogen and oxygen atoms in total. The van der Waals surface area contributed by atoms with Crippen molar-refractivity contribution in [3.8, 4) is 11.4 Å². The highest BCUT2D eigenvalue weighted by Crippen LogP contribution is 2.41. The van der Waals surface area contributed by atoms with E-state index in [1.807, 2.05) is 36.5 Å². The van der Waals surface area contributed by atoms with Gasteiger partial charge in [-0.05, 0) is 66.7 Å². The molecular weight excluding hydrogens is 498 g/mol. The summed E-state index contributed by atoms with van der Waals surface area (Å²) < 4.78 is 5.45. The Balaban J connectivity index is 1.06. The van der Waals surface area contributed by atoms with E-state index in [2.05, 4.69) is 79.0 Å². The predicted octanol–water partition coefficient (Wildman–Crippen LogP) is 6.50. The maximum Gasteiger partial charge on any atom is 0.138 e. The Kier molecular flexibility index (Phi) is 5.21. The highest BCUT2D eigenvalue weighted by molar-refractivity contribution is 5.95. The largest absolute Gasteiger partial charge is 0.380 e. The number of rotatable bonds is 6. The SMILES string of the molecule is c1cc(Nc2ccnc3ccc(N4CC5(COC5)C4)cc23)cc(-c2nc3ccc(Nc4ccncc4)cc3[nH]2)c1. The summed E-state index contributed by atoms with van der Waals surface area (Å²) in [4.78, 5) is 19.5. The van der Waals surface area contributed by atoms with Gasteiger partial charge in [0.25, 0.3) is 0 Å². The van der Waals surface area contributed by atoms with Crippen molar-refractivity contribution in [2.24, 2.45) is 5.41 Å². The Morgan fingerprint density at radius 3 is 2.48 bits per heavy atom. The zero-order valence-electron chi connectivity index (χ0n) is 21.8. The zero-order chi connectivity index (χ0) is 26.5. The van der Waals surface area contributed by atoms with Gasteiger partial charge in [-0.15, -0.1) is 0 Å². The summed E-state index contributed by atoms with van der Waals surface area (Å²) >= 11 is 0. The summed E-state index contributed by atoms with van der Waals surface area (Å²) in [6, 6.07) is 26.9. The van der Waals surface area contributed by atoms with E-state index in [0.29, 0.717) is 5.41 Å². The van der Waals surface area contributed by atoms with Crippen LogP contribution in [0.5, 0.6) is 0 Å². The minimum Gasteiger partial charge on any atom is -0.380 e. The van der Waals surface area contributed by atoms with Crippen molar-refractivity contribution >= 4 is 50.4 Å². The van der Waals surface area contributed by atoms with Gasteiger partial charge < -0.3 is 25.3 Å². The highest BCUT2D eigenvalue weighted by Gasteiger charge is 2.49. The van der Waals surface area contributed by atoms with Crippen molar-refractivity contribution in [1.29, 1.82) is 0 Å². The van der Waals surface area contributed by atoms with Gasteiger partial charge in [0.1, 0.15) is 5.82 Å². The molecule has 3 N–H and O–H groups in total. The first-order valence-electron chi connectivity index (χ1n) is 13.5. The molecule has 8 rings (SSSR count). The number of pyridine rings is 2. The Bertz CT molecular complexity index is 1850. The van der Waals surface area contributed by atoms with Crippen LogP contribution in [0.25, 0.3) is 33.3 Å². The molecule has 1 spiro atoms. The van der Waals surface area contributed by atoms with E-state index < -0.39 is 0 Å². The molecule has 6 aromatic rings. The lowest BCUT2D eigenvalue weighted by atomic mass is 9.78. The minimum absolute atomic E-state index is 0.375. The Morgan fingerprint density at radius 2 is 1.62 bits per heavy atom. The fourth-order valence-electron chi connectivity index (χ4n) is 5.69. The third kappa shape index (κ3) is 4.10. The topological polar surface area (TPSA) is 91.0 Å². The lowest BCUT2D eigenvalue weighted by Crippen LogP contribution is -2.66. The van der Waals surface area contributed by atoms with Gasteiger partial charge in [-0.3, -0.25) is 9.97 Å². The standard InChI is InChI=1S/C32H27N7O/c1-2-21(31-37-29-6-4-24(15-30(29)38-31)35-22-8-11-33-12-9-22)14-23(3-1)36-28-10-13-34-27-7-5-25(16-26(27)28)39-17-32(18-39)19-40-20-32/h1-16H,17-20H2,(H,33,35)(H,34,36)(H,37,38). The van der Waals surface area contributed by atoms with Crippen LogP contribution >= 0.6 is 0 Å². The average molecular weight is 526 g/mol. The number of aromatic amines is 1. The van der Waals surface area contributed by atoms with Crippen molar-refractivity contribution in [3.63, 3.8) is 0 Å². The molecule has 2 aliphatic rings. The third-order valence-electron chi connectivity index (χ3n) is 7.83. The maximum atomic E-state index is 5.45. The number of hydrogen-bond donors (Lipinski definition) is 3. The number of hydrogen-bond acceptors (Lipinski definition) is 7. The van der Waals surface area contributed by atoms with Gasteiger partial charge in [0.05, 0.1) is 35.2 Å². The molecule has 0 aliphatic carbocycles. The molecule has 0 bridgehead atoms. The minimum atomic E-state index is 0.375. The van der Waals surface area contributed by atoms with Crippen LogP contribution in [0.1, 0.15) is 0 Å². The molecule has 0 saturated carbocycles. The Labute approximate surface area is 231 Å². The fourth-order valence-corrected chi connectivity index (χ4v) is 5.69. The number of nitrogens with one attached hydrogen (secondary N) is 3. The normalized spacial score (nSPS) is 15.7. The Morgan fingerprint density at radius 1 is 0.775 bits per heavy atom. The van der Waals surface area contributed by atoms with Crippen molar-refractivity contribution < 1.29 is 4.74 Å². The molecule has 2 fully saturated rings. The second-order valence-electron chi connectivity index (χ2n) is 10.8. The van der Waals surface area contributed by atoms with Gasteiger partial charge in [0, 0.05) is 71.1 Å². The second-order valence-corrected chi connectivity index (χ2v) is 10.8. The van der Waals surface area contributed by atoms with Crippen LogP contribution in [0, 0.1) is 5.41 Å². The zero-order valence-corrected chi connectivity index (χ0v) is 21.8. The van der Waals surface area contributed by atoms with Gasteiger partial charge in [0.2, 0.25) is 0 Å². The quantitative estimate of drug-likeness (QED) is 0.229. The van der Waals surface area contributed by atoms with Crippen LogP contribution in [-0.2, 0) is 4.74 Å². The van der Waals surface area contributed by atoms with Crippen molar-refractivity contribution in [1.82, 2.24) is 19.9 Å². The number of nitrogens with zero attached hydrogens (tertiary/aromatic N) is 4. The van der Waals surface area contributed by atoms with Gasteiger partial charge in [-0.2, -0.15) is 0 Å². The molecule has 8 heteroatoms. The van der Waals surface area contributed by atoms with Crippen LogP contribution in [0.4, 0.5) is 28.4 Å². The van der Waals surface area contributed by atoms with Crippen molar-refractivity contribution in [2.45, 2.75) is 0 Å². The number of imidazole rings is 1. The van der Waals surface area contributed by atoms with Crippen molar-refractivity contribution in [3.05, 3.63) is 97.5 Å². The van der Waals surface area contributed by atoms with Gasteiger partial charge >= 0.3 is 0 Å². The van der Waals surface area contributed by atoms with Crippen LogP contribution in [0.15, 0.2) is 97.5 Å². The fraction of sp³-hybridized carbons (Fsp3) is 0.156. The molecular formula is C32H27N7O. The monoisotopic (exact) mass is 525 g/mol. The molecule has 5 heterocycles. The van der Waals surface area contributed by atoms with Crippen LogP contribution in [0.3, 0.4) is 0 Å². The maximum absolute atomic E-state index is 5.45. The molecule has 0 amide bonds. The Hall–Kier alpha value is -4.95. The molecule has 3 aromatic carbocycles. The summed E-state index contributed by atoms with van der Waals surface area (Å²) in [5.41, 5.74) is 9.48. The van der Waals surface area contributed by atoms with Gasteiger partial charge in [0.15, 0.2) is 0 Å². The lowest BCUT2D eigenvalue weighted by Gasteiger charge is -2.56. The predicted molar refractivity (Wildman–Crippen MR) is 160 cm³/mol. The van der Waals surface area contributed by atoms with Crippen LogP contribution in [-0.4, -0.2) is 46.2 Å². The van der Waals surface area contributed by atoms with Gasteiger partial charge in [-0.25, -0.2) is 4.98 Å². The van der Waals surface area contributed by atoms with E-state index in [1.54, 1.807) is 12.4 Å². The molecule has 2 saturated heterocycles. The number of fused-ring (bicyclic) bond motifs is 2. The summed E-state index contributed by atoms with van der Waals surface area (Å²) in [5.74, 6) is 0.827. The molecule has 196 valence electrons. The second kappa shape index (κ2) is 9.07. The lowest BCUT2D eigenvalue weighted by molar-refractivity contribution is -0.127. The third-order valence-corrected chi connectivity index (χ3v) is 7.83. The molecule has 0 unspecified atom stereocenters. The molecule has 0 radical (unpaired) electrons. The van der Waals surface area contributed by atoms with E-state index in [4.69, 9.17) is 9.72 Å². The molecule has 2 aliphatic heterocycles. The van der Waals surface area contributed by atoms with Crippen LogP contribution in [0.2, 0.25) is 0 Å². The highest BCUT2D eigenvalue weighted by atomic mass is 16.5. The molecule has 0 atom stereocenters. The van der Waals surface area contributed by atoms with Gasteiger partial charge in [-0.1, -0.05) is 12.1 Å². The number of benzene rings is 3. The number of ether oxygens (including phenoxy) is 1. The summed E-state index contributed by atoms with van der Waals surface area (Å²) in [7, 11) is 0. The summed E-state index contributed by atoms with van der Waals surface area (Å²) in [5, 5.41) is 8.15. The summed E-state index contributed by atoms with van der Waals surface area (Å²) in [6.45, 7) is 3.89. The van der Waals surface area contributed by atoms with E-state index in [9.17, 15) is 0 Å². The van der Waals surface area contributed by atoms with E-state index in [-0.39, 0.29) is 0 Å². The van der Waals surface area contributed by atoms with Crippen LogP contribution < -0.4 is 15.5 Å². The number of aromatic nitrogens is 4. The van der Waals surface area contributed by atoms with E-state index in [0.717, 1.165) is 82.4 Å². The molecule has 40 heavy (non-hydrogen) atoms. The van der Waals surface area contributed by atoms with E-state index in [1.165, 1.54) is 5.69 Å². The first-order chi connectivity index (χ1) is 19.7. The first-order valence-corrected chi connectivity index (χ1v) is 13.5.